The van der Waals surface area contributed by atoms with E-state index in [2.05, 4.69) is 17.4 Å². The Kier molecular flexibility index (Phi) is 5.26. The number of hydrogen-bond donors (Lipinski definition) is 1. The summed E-state index contributed by atoms with van der Waals surface area (Å²) in [6.45, 7) is 2.32. The van der Waals surface area contributed by atoms with Crippen LogP contribution in [0.4, 0.5) is 0 Å². The van der Waals surface area contributed by atoms with E-state index < -0.39 is 0 Å². The van der Waals surface area contributed by atoms with Crippen LogP contribution in [0.15, 0.2) is 54.6 Å². The third kappa shape index (κ3) is 4.64. The van der Waals surface area contributed by atoms with E-state index in [0.717, 1.165) is 24.6 Å². The van der Waals surface area contributed by atoms with Gasteiger partial charge in [0, 0.05) is 13.1 Å². The highest BCUT2D eigenvalue weighted by atomic mass is 16.5. The van der Waals surface area contributed by atoms with Gasteiger partial charge in [0.25, 0.3) is 0 Å². The predicted molar refractivity (Wildman–Crippen MR) is 76.6 cm³/mol. The minimum absolute atomic E-state index is 0.667. The summed E-state index contributed by atoms with van der Waals surface area (Å²) in [6, 6.07) is 17.9. The molecule has 0 saturated carbocycles. The highest BCUT2D eigenvalue weighted by Gasteiger charge is 1.95. The predicted octanol–water partition coefficient (Wildman–Crippen LogP) is 2.86. The van der Waals surface area contributed by atoms with Gasteiger partial charge in [-0.25, -0.2) is 0 Å². The fourth-order valence-corrected chi connectivity index (χ4v) is 1.73. The molecule has 1 N–H and O–H groups in total. The Hall–Kier alpha value is -2.00. The van der Waals surface area contributed by atoms with Gasteiger partial charge in [0.1, 0.15) is 18.1 Å². The average molecular weight is 257 g/mol. The van der Waals surface area contributed by atoms with E-state index in [1.807, 2.05) is 42.5 Å². The number of methoxy groups -OCH3 is 1. The fourth-order valence-electron chi connectivity index (χ4n) is 1.73. The molecule has 0 radical (unpaired) electrons. The quantitative estimate of drug-likeness (QED) is 0.774. The van der Waals surface area contributed by atoms with Gasteiger partial charge in [-0.2, -0.15) is 0 Å². The molecule has 0 amide bonds. The lowest BCUT2D eigenvalue weighted by Crippen LogP contribution is -2.20. The van der Waals surface area contributed by atoms with Crippen LogP contribution in [0.1, 0.15) is 5.56 Å². The van der Waals surface area contributed by atoms with Crippen LogP contribution in [0.3, 0.4) is 0 Å². The van der Waals surface area contributed by atoms with E-state index in [-0.39, 0.29) is 0 Å². The molecule has 3 heteroatoms. The van der Waals surface area contributed by atoms with Crippen LogP contribution in [0.5, 0.6) is 11.5 Å². The second-order valence-electron chi connectivity index (χ2n) is 4.19. The van der Waals surface area contributed by atoms with Crippen LogP contribution in [0, 0.1) is 0 Å². The second-order valence-corrected chi connectivity index (χ2v) is 4.19. The summed E-state index contributed by atoms with van der Waals surface area (Å²) in [7, 11) is 1.67. The van der Waals surface area contributed by atoms with Gasteiger partial charge in [-0.3, -0.25) is 0 Å². The summed E-state index contributed by atoms with van der Waals surface area (Å²) in [5.74, 6) is 1.80. The Morgan fingerprint density at radius 3 is 2.32 bits per heavy atom. The zero-order chi connectivity index (χ0) is 13.3. The summed E-state index contributed by atoms with van der Waals surface area (Å²) >= 11 is 0. The molecule has 2 rings (SSSR count). The van der Waals surface area contributed by atoms with Crippen molar-refractivity contribution in [1.82, 2.24) is 5.32 Å². The molecule has 0 aliphatic rings. The molecule has 0 fully saturated rings. The Balaban J connectivity index is 1.63. The molecule has 2 aromatic carbocycles. The Morgan fingerprint density at radius 2 is 1.63 bits per heavy atom. The first-order valence-corrected chi connectivity index (χ1v) is 6.40. The number of nitrogens with one attached hydrogen (secondary N) is 1. The lowest BCUT2D eigenvalue weighted by Gasteiger charge is -2.08. The maximum atomic E-state index is 5.60. The highest BCUT2D eigenvalue weighted by Crippen LogP contribution is 2.11. The molecule has 0 aliphatic carbocycles. The van der Waals surface area contributed by atoms with Gasteiger partial charge < -0.3 is 14.8 Å². The number of benzene rings is 2. The van der Waals surface area contributed by atoms with Gasteiger partial charge in [0.15, 0.2) is 0 Å². The first kappa shape index (κ1) is 13.4. The Bertz CT molecular complexity index is 468. The van der Waals surface area contributed by atoms with Gasteiger partial charge in [0.2, 0.25) is 0 Å². The lowest BCUT2D eigenvalue weighted by molar-refractivity contribution is 0.313. The Morgan fingerprint density at radius 1 is 0.895 bits per heavy atom. The molecule has 0 bridgehead atoms. The second kappa shape index (κ2) is 7.44. The monoisotopic (exact) mass is 257 g/mol. The van der Waals surface area contributed by atoms with E-state index in [1.54, 1.807) is 7.11 Å². The SMILES string of the molecule is COc1ccc(CNCCOc2ccccc2)cc1. The van der Waals surface area contributed by atoms with Crippen molar-refractivity contribution in [2.45, 2.75) is 6.54 Å². The van der Waals surface area contributed by atoms with Crippen LogP contribution in [0.2, 0.25) is 0 Å². The molecular weight excluding hydrogens is 238 g/mol. The van der Waals surface area contributed by atoms with E-state index >= 15 is 0 Å². The number of para-hydroxylation sites is 1. The van der Waals surface area contributed by atoms with Crippen LogP contribution < -0.4 is 14.8 Å². The van der Waals surface area contributed by atoms with Crippen molar-refractivity contribution in [2.75, 3.05) is 20.3 Å². The number of rotatable bonds is 7. The summed E-state index contributed by atoms with van der Waals surface area (Å²) in [4.78, 5) is 0. The minimum atomic E-state index is 0.667. The standard InChI is InChI=1S/C16H19NO2/c1-18-15-9-7-14(8-10-15)13-17-11-12-19-16-5-3-2-4-6-16/h2-10,17H,11-13H2,1H3. The maximum Gasteiger partial charge on any atom is 0.119 e. The number of ether oxygens (including phenoxy) is 2. The van der Waals surface area contributed by atoms with E-state index in [1.165, 1.54) is 5.56 Å². The topological polar surface area (TPSA) is 30.5 Å². The van der Waals surface area contributed by atoms with Gasteiger partial charge in [0.05, 0.1) is 7.11 Å². The van der Waals surface area contributed by atoms with Crippen molar-refractivity contribution in [3.05, 3.63) is 60.2 Å². The van der Waals surface area contributed by atoms with Crippen molar-refractivity contribution < 1.29 is 9.47 Å². The van der Waals surface area contributed by atoms with E-state index in [9.17, 15) is 0 Å². The molecule has 100 valence electrons. The zero-order valence-corrected chi connectivity index (χ0v) is 11.1. The van der Waals surface area contributed by atoms with Crippen LogP contribution in [-0.2, 0) is 6.54 Å². The van der Waals surface area contributed by atoms with Gasteiger partial charge >= 0.3 is 0 Å². The van der Waals surface area contributed by atoms with Crippen LogP contribution >= 0.6 is 0 Å². The third-order valence-corrected chi connectivity index (χ3v) is 2.78. The summed E-state index contributed by atoms with van der Waals surface area (Å²) in [6.07, 6.45) is 0. The molecule has 2 aromatic rings. The first-order chi connectivity index (χ1) is 9.38. The summed E-state index contributed by atoms with van der Waals surface area (Å²) < 4.78 is 10.7. The van der Waals surface area contributed by atoms with Crippen molar-refractivity contribution in [1.29, 1.82) is 0 Å². The van der Waals surface area contributed by atoms with Crippen molar-refractivity contribution >= 4 is 0 Å². The molecule has 0 saturated heterocycles. The molecule has 19 heavy (non-hydrogen) atoms. The molecule has 0 aromatic heterocycles. The first-order valence-electron chi connectivity index (χ1n) is 6.40. The van der Waals surface area contributed by atoms with Gasteiger partial charge in [-0.1, -0.05) is 30.3 Å². The molecular formula is C16H19NO2. The maximum absolute atomic E-state index is 5.60. The van der Waals surface area contributed by atoms with Crippen LogP contribution in [0.25, 0.3) is 0 Å². The normalized spacial score (nSPS) is 10.2. The molecule has 0 spiro atoms. The molecule has 0 aliphatic heterocycles. The summed E-state index contributed by atoms with van der Waals surface area (Å²) in [5, 5.41) is 3.34. The largest absolute Gasteiger partial charge is 0.497 e. The highest BCUT2D eigenvalue weighted by molar-refractivity contribution is 5.27. The van der Waals surface area contributed by atoms with Crippen molar-refractivity contribution in [3.8, 4) is 11.5 Å². The van der Waals surface area contributed by atoms with Gasteiger partial charge in [-0.05, 0) is 29.8 Å². The molecule has 3 nitrogen and oxygen atoms in total. The average Bonchev–Trinajstić information content (AvgIpc) is 2.49. The lowest BCUT2D eigenvalue weighted by atomic mass is 10.2. The molecule has 0 heterocycles. The number of hydrogen-bond acceptors (Lipinski definition) is 3. The van der Waals surface area contributed by atoms with Crippen LogP contribution in [-0.4, -0.2) is 20.3 Å². The van der Waals surface area contributed by atoms with Crippen molar-refractivity contribution in [3.63, 3.8) is 0 Å². The molecule has 0 atom stereocenters. The van der Waals surface area contributed by atoms with E-state index in [4.69, 9.17) is 9.47 Å². The van der Waals surface area contributed by atoms with Crippen molar-refractivity contribution in [2.24, 2.45) is 0 Å². The Labute approximate surface area is 114 Å². The summed E-state index contributed by atoms with van der Waals surface area (Å²) in [5.41, 5.74) is 1.24. The third-order valence-electron chi connectivity index (χ3n) is 2.78. The van der Waals surface area contributed by atoms with E-state index in [0.29, 0.717) is 6.61 Å². The van der Waals surface area contributed by atoms with Gasteiger partial charge in [-0.15, -0.1) is 0 Å². The minimum Gasteiger partial charge on any atom is -0.497 e. The smallest absolute Gasteiger partial charge is 0.119 e. The molecule has 0 unspecified atom stereocenters. The fraction of sp³-hybridized carbons (Fsp3) is 0.250. The zero-order valence-electron chi connectivity index (χ0n) is 11.1.